The fourth-order valence-corrected chi connectivity index (χ4v) is 8.89. The molecule has 0 radical (unpaired) electrons. The predicted molar refractivity (Wildman–Crippen MR) is 192 cm³/mol. The van der Waals surface area contributed by atoms with E-state index in [1.54, 1.807) is 52.7 Å². The number of unbranched alkanes of at least 4 members (excludes halogenated alkanes) is 1. The van der Waals surface area contributed by atoms with Crippen LogP contribution in [0.3, 0.4) is 0 Å². The van der Waals surface area contributed by atoms with Gasteiger partial charge in [-0.05, 0) is 96.8 Å². The minimum Gasteiger partial charge on any atom is -0.420 e. The normalized spacial score (nSPS) is 15.0. The molecule has 0 aliphatic carbocycles. The third-order valence-corrected chi connectivity index (χ3v) is 11.9. The van der Waals surface area contributed by atoms with Crippen LogP contribution in [0, 0.1) is 0 Å². The number of rotatable bonds is 13. The second-order valence-corrected chi connectivity index (χ2v) is 15.6. The molecule has 0 amide bonds. The number of hydrogen-bond acceptors (Lipinski definition) is 11. The van der Waals surface area contributed by atoms with E-state index in [9.17, 15) is 5.11 Å². The summed E-state index contributed by atoms with van der Waals surface area (Å²) in [6.45, 7) is 4.01. The van der Waals surface area contributed by atoms with Gasteiger partial charge in [0, 0.05) is 11.0 Å². The Kier molecular flexibility index (Phi) is 10.8. The molecule has 0 saturated carbocycles. The van der Waals surface area contributed by atoms with E-state index >= 15 is 0 Å². The monoisotopic (exact) mass is 694 g/mol. The molecule has 44 heavy (non-hydrogen) atoms. The van der Waals surface area contributed by atoms with Gasteiger partial charge in [0.1, 0.15) is 33.2 Å². The van der Waals surface area contributed by atoms with E-state index in [1.165, 1.54) is 29.7 Å². The minimum atomic E-state index is -0.670. The highest BCUT2D eigenvalue weighted by atomic mass is 32.2. The molecule has 3 aromatic heterocycles. The smallest absolute Gasteiger partial charge is 0.191 e. The molecule has 5 aromatic rings. The van der Waals surface area contributed by atoms with Crippen LogP contribution in [0.2, 0.25) is 0 Å². The van der Waals surface area contributed by atoms with Crippen LogP contribution in [0.25, 0.3) is 16.3 Å². The van der Waals surface area contributed by atoms with Gasteiger partial charge in [-0.2, -0.15) is 0 Å². The first-order valence-electron chi connectivity index (χ1n) is 14.1. The van der Waals surface area contributed by atoms with Gasteiger partial charge in [-0.25, -0.2) is 4.98 Å². The van der Waals surface area contributed by atoms with Crippen LogP contribution in [0.1, 0.15) is 38.1 Å². The van der Waals surface area contributed by atoms with E-state index < -0.39 is 6.23 Å². The first-order chi connectivity index (χ1) is 21.6. The maximum Gasteiger partial charge on any atom is 0.191 e. The van der Waals surface area contributed by atoms with Crippen molar-refractivity contribution in [3.63, 3.8) is 0 Å². The van der Waals surface area contributed by atoms with Gasteiger partial charge in [0.05, 0.1) is 37.9 Å². The number of thioether (sulfide) groups is 1. The summed E-state index contributed by atoms with van der Waals surface area (Å²) in [6.07, 6.45) is 11.1. The Hall–Kier alpha value is -2.64. The number of thiazole rings is 1. The molecule has 11 heteroatoms. The lowest BCUT2D eigenvalue weighted by molar-refractivity contribution is 0.199. The number of hydrogen-bond donors (Lipinski definition) is 1. The van der Waals surface area contributed by atoms with Crippen LogP contribution in [-0.2, 0) is 0 Å². The molecular weight excluding hydrogens is 665 g/mol. The Morgan fingerprint density at radius 3 is 2.73 bits per heavy atom. The second-order valence-electron chi connectivity index (χ2n) is 9.80. The largest absolute Gasteiger partial charge is 0.420 e. The van der Waals surface area contributed by atoms with Crippen molar-refractivity contribution in [2.75, 3.05) is 4.90 Å². The molecule has 0 fully saturated rings. The number of aromatic nitrogens is 1. The number of benzene rings is 2. The van der Waals surface area contributed by atoms with Crippen LogP contribution in [0.5, 0.6) is 10.8 Å². The van der Waals surface area contributed by atoms with Crippen molar-refractivity contribution in [3.05, 3.63) is 105 Å². The molecule has 1 N–H and O–H groups in total. The van der Waals surface area contributed by atoms with Crippen molar-refractivity contribution in [1.29, 1.82) is 0 Å². The zero-order valence-corrected chi connectivity index (χ0v) is 28.9. The summed E-state index contributed by atoms with van der Waals surface area (Å²) in [7, 11) is 0. The lowest BCUT2D eigenvalue weighted by atomic mass is 10.1. The Balaban J connectivity index is 1.18. The lowest BCUT2D eigenvalue weighted by Gasteiger charge is -2.23. The van der Waals surface area contributed by atoms with Crippen molar-refractivity contribution < 1.29 is 13.5 Å². The number of aliphatic hydroxyl groups is 1. The molecule has 2 aromatic carbocycles. The molecule has 4 heterocycles. The molecule has 1 aliphatic heterocycles. The lowest BCUT2D eigenvalue weighted by Crippen LogP contribution is -2.28. The van der Waals surface area contributed by atoms with Gasteiger partial charge < -0.3 is 18.4 Å². The fourth-order valence-electron chi connectivity index (χ4n) is 4.41. The number of aliphatic hydroxyl groups excluding tert-OH is 1. The number of allylic oxidation sites excluding steroid dienone is 4. The van der Waals surface area contributed by atoms with Crippen molar-refractivity contribution in [2.24, 2.45) is 0 Å². The van der Waals surface area contributed by atoms with Crippen molar-refractivity contribution in [2.45, 2.75) is 53.3 Å². The molecule has 0 saturated heterocycles. The number of fused-ring (bicyclic) bond motifs is 2. The summed E-state index contributed by atoms with van der Waals surface area (Å²) in [5, 5.41) is 17.6. The van der Waals surface area contributed by atoms with E-state index in [2.05, 4.69) is 55.5 Å². The van der Waals surface area contributed by atoms with Crippen molar-refractivity contribution >= 4 is 91.8 Å². The molecule has 1 atom stereocenters. The van der Waals surface area contributed by atoms with Gasteiger partial charge in [-0.1, -0.05) is 43.3 Å². The Morgan fingerprint density at radius 1 is 1.05 bits per heavy atom. The summed E-state index contributed by atoms with van der Waals surface area (Å²) in [5.74, 6) is 0.797. The number of anilines is 1. The van der Waals surface area contributed by atoms with E-state index in [-0.39, 0.29) is 0 Å². The second kappa shape index (κ2) is 15.1. The van der Waals surface area contributed by atoms with Crippen molar-refractivity contribution in [1.82, 2.24) is 4.98 Å². The molecule has 1 aliphatic rings. The van der Waals surface area contributed by atoms with E-state index in [0.29, 0.717) is 0 Å². The zero-order chi connectivity index (χ0) is 30.3. The van der Waals surface area contributed by atoms with E-state index in [4.69, 9.17) is 13.4 Å². The van der Waals surface area contributed by atoms with E-state index in [0.717, 1.165) is 70.0 Å². The summed E-state index contributed by atoms with van der Waals surface area (Å²) in [5.41, 5.74) is 3.14. The molecular formula is C33H30N2O3S6. The fraction of sp³-hybridized carbons (Fsp3) is 0.182. The van der Waals surface area contributed by atoms with Gasteiger partial charge in [0.2, 0.25) is 0 Å². The Bertz CT molecular complexity index is 1770. The average Bonchev–Trinajstić information content (AvgIpc) is 3.84. The van der Waals surface area contributed by atoms with Crippen LogP contribution in [0.4, 0.5) is 5.69 Å². The number of thiophene rings is 2. The van der Waals surface area contributed by atoms with Gasteiger partial charge in [0.25, 0.3) is 0 Å². The first kappa shape index (κ1) is 31.3. The zero-order valence-electron chi connectivity index (χ0n) is 24.0. The van der Waals surface area contributed by atoms with Gasteiger partial charge in [0.15, 0.2) is 5.06 Å². The van der Waals surface area contributed by atoms with Gasteiger partial charge >= 0.3 is 0 Å². The van der Waals surface area contributed by atoms with Crippen molar-refractivity contribution in [3.8, 4) is 10.8 Å². The van der Waals surface area contributed by atoms with Crippen LogP contribution >= 0.6 is 69.9 Å². The highest BCUT2D eigenvalue weighted by Gasteiger charge is 2.28. The molecule has 226 valence electrons. The summed E-state index contributed by atoms with van der Waals surface area (Å²) < 4.78 is 14.0. The Morgan fingerprint density at radius 2 is 1.93 bits per heavy atom. The van der Waals surface area contributed by atoms with Crippen LogP contribution < -0.4 is 13.3 Å². The molecule has 5 nitrogen and oxygen atoms in total. The maximum atomic E-state index is 10.8. The highest BCUT2D eigenvalue weighted by molar-refractivity contribution is 8.03. The average molecular weight is 695 g/mol. The highest BCUT2D eigenvalue weighted by Crippen LogP contribution is 2.48. The maximum absolute atomic E-state index is 10.8. The quantitative estimate of drug-likeness (QED) is 0.0965. The van der Waals surface area contributed by atoms with E-state index in [1.807, 2.05) is 52.1 Å². The third-order valence-electron chi connectivity index (χ3n) is 6.52. The third kappa shape index (κ3) is 7.95. The van der Waals surface area contributed by atoms with Gasteiger partial charge in [-0.15, -0.1) is 34.0 Å². The molecule has 0 spiro atoms. The van der Waals surface area contributed by atoms with Crippen LogP contribution in [-0.4, -0.2) is 16.3 Å². The Labute approximate surface area is 282 Å². The molecule has 0 bridgehead atoms. The topological polar surface area (TPSA) is 54.8 Å². The summed E-state index contributed by atoms with van der Waals surface area (Å²) >= 11 is 9.28. The first-order valence-corrected chi connectivity index (χ1v) is 19.0. The SMILES string of the molecule is CCCCC(/C=C/c1nc2cc(OSc3cccs3)ccc2s1)=C\C=C1/Sc2ccc(SOc3cccs3)cc2N1C(C)O. The number of nitrogens with zero attached hydrogens (tertiary/aromatic N) is 2. The molecule has 1 unspecified atom stereocenters. The minimum absolute atomic E-state index is 0.670. The predicted octanol–water partition coefficient (Wildman–Crippen LogP) is 11.5. The molecule has 6 rings (SSSR count). The summed E-state index contributed by atoms with van der Waals surface area (Å²) in [6, 6.07) is 20.3. The van der Waals surface area contributed by atoms with Crippen LogP contribution in [0.15, 0.2) is 114 Å². The summed E-state index contributed by atoms with van der Waals surface area (Å²) in [4.78, 5) is 8.94. The van der Waals surface area contributed by atoms with Gasteiger partial charge in [-0.3, -0.25) is 0 Å². The standard InChI is InChI=1S/C33H30N2O3S6/c1-3-4-7-23(10-16-30-34-26-20-24(12-14-28(26)41-30)37-44-33-9-6-19-40-33)11-17-31-35(22(2)36)27-21-25(13-15-29(27)42-31)43-38-32-8-5-18-39-32/h5-6,8-22,36H,3-4,7H2,1-2H3/b16-10+,23-11+,31-17-.